The second kappa shape index (κ2) is 7.84. The van der Waals surface area contributed by atoms with E-state index in [2.05, 4.69) is 9.73 Å². The van der Waals surface area contributed by atoms with E-state index in [0.29, 0.717) is 16.6 Å². The van der Waals surface area contributed by atoms with Crippen LogP contribution in [0.5, 0.6) is 5.75 Å². The van der Waals surface area contributed by atoms with Crippen molar-refractivity contribution in [3.8, 4) is 11.8 Å². The number of halogens is 2. The number of anilines is 1. The van der Waals surface area contributed by atoms with E-state index < -0.39 is 12.5 Å². The third-order valence-corrected chi connectivity index (χ3v) is 4.04. The van der Waals surface area contributed by atoms with Gasteiger partial charge in [-0.3, -0.25) is 9.69 Å². The summed E-state index contributed by atoms with van der Waals surface area (Å²) in [5.41, 5.74) is 0.567. The number of nitriles is 1. The van der Waals surface area contributed by atoms with Crippen LogP contribution in [0, 0.1) is 11.3 Å². The highest BCUT2D eigenvalue weighted by molar-refractivity contribution is 8.14. The zero-order valence-corrected chi connectivity index (χ0v) is 14.0. The molecular weight excluding hydrogens is 364 g/mol. The molecular formula is C17H11F2N3O3S. The Hall–Kier alpha value is -3.12. The maximum Gasteiger partial charge on any atom is 0.387 e. The van der Waals surface area contributed by atoms with Crippen LogP contribution in [0.1, 0.15) is 5.76 Å². The molecule has 0 aliphatic carbocycles. The van der Waals surface area contributed by atoms with Crippen molar-refractivity contribution < 1.29 is 22.7 Å². The van der Waals surface area contributed by atoms with Crippen LogP contribution < -0.4 is 9.64 Å². The van der Waals surface area contributed by atoms with Crippen LogP contribution in [0.15, 0.2) is 57.8 Å². The number of rotatable bonds is 5. The molecule has 6 nitrogen and oxygen atoms in total. The van der Waals surface area contributed by atoms with Gasteiger partial charge in [-0.1, -0.05) is 11.8 Å². The van der Waals surface area contributed by atoms with Gasteiger partial charge in [-0.15, -0.1) is 0 Å². The molecule has 0 saturated heterocycles. The summed E-state index contributed by atoms with van der Waals surface area (Å²) in [6.45, 7) is -2.93. The van der Waals surface area contributed by atoms with Crippen LogP contribution in [0.4, 0.5) is 14.5 Å². The Morgan fingerprint density at radius 2 is 2.12 bits per heavy atom. The number of hydrogen-bond acceptors (Lipinski definition) is 6. The van der Waals surface area contributed by atoms with E-state index in [4.69, 9.17) is 9.68 Å². The van der Waals surface area contributed by atoms with E-state index in [1.54, 1.807) is 12.1 Å². The van der Waals surface area contributed by atoms with E-state index in [1.165, 1.54) is 41.5 Å². The molecule has 1 aliphatic heterocycles. The highest BCUT2D eigenvalue weighted by atomic mass is 32.2. The monoisotopic (exact) mass is 375 g/mol. The first-order valence-corrected chi connectivity index (χ1v) is 8.30. The van der Waals surface area contributed by atoms with E-state index in [9.17, 15) is 13.6 Å². The molecule has 26 heavy (non-hydrogen) atoms. The molecule has 0 fully saturated rings. The zero-order chi connectivity index (χ0) is 18.5. The van der Waals surface area contributed by atoms with Crippen molar-refractivity contribution in [1.29, 1.82) is 5.26 Å². The molecule has 1 aromatic carbocycles. The third-order valence-electron chi connectivity index (χ3n) is 3.24. The van der Waals surface area contributed by atoms with Crippen molar-refractivity contribution in [2.75, 3.05) is 10.7 Å². The Kier molecular flexibility index (Phi) is 5.34. The number of amides is 1. The Balaban J connectivity index is 1.90. The highest BCUT2D eigenvalue weighted by Crippen LogP contribution is 2.30. The van der Waals surface area contributed by atoms with Gasteiger partial charge in [0.1, 0.15) is 17.2 Å². The lowest BCUT2D eigenvalue weighted by Gasteiger charge is -2.17. The first-order chi connectivity index (χ1) is 12.6. The van der Waals surface area contributed by atoms with Gasteiger partial charge in [-0.05, 0) is 36.4 Å². The minimum atomic E-state index is -2.93. The van der Waals surface area contributed by atoms with E-state index >= 15 is 0 Å². The van der Waals surface area contributed by atoms with Crippen molar-refractivity contribution in [1.82, 2.24) is 0 Å². The lowest BCUT2D eigenvalue weighted by atomic mass is 10.2. The predicted octanol–water partition coefficient (Wildman–Crippen LogP) is 3.88. The normalized spacial score (nSPS) is 15.5. The molecule has 0 radical (unpaired) electrons. The van der Waals surface area contributed by atoms with E-state index in [0.717, 1.165) is 11.8 Å². The molecule has 1 aliphatic rings. The number of benzene rings is 1. The highest BCUT2D eigenvalue weighted by Gasteiger charge is 2.32. The molecule has 3 rings (SSSR count). The fraction of sp³-hybridized carbons (Fsp3) is 0.118. The quantitative estimate of drug-likeness (QED) is 0.741. The Labute approximate surface area is 151 Å². The number of amidine groups is 1. The fourth-order valence-electron chi connectivity index (χ4n) is 2.20. The van der Waals surface area contributed by atoms with Crippen molar-refractivity contribution in [2.45, 2.75) is 6.61 Å². The van der Waals surface area contributed by atoms with Gasteiger partial charge in [0.05, 0.1) is 23.8 Å². The topological polar surface area (TPSA) is 78.8 Å². The Morgan fingerprint density at radius 1 is 1.35 bits per heavy atom. The smallest absolute Gasteiger partial charge is 0.387 e. The summed E-state index contributed by atoms with van der Waals surface area (Å²) in [5, 5.41) is 9.11. The van der Waals surface area contributed by atoms with Crippen LogP contribution in [0.2, 0.25) is 0 Å². The molecule has 1 aromatic heterocycles. The summed E-state index contributed by atoms with van der Waals surface area (Å²) >= 11 is 1.09. The van der Waals surface area contributed by atoms with Crippen molar-refractivity contribution in [3.05, 3.63) is 54.1 Å². The average molecular weight is 375 g/mol. The van der Waals surface area contributed by atoms with Gasteiger partial charge in [0.15, 0.2) is 5.17 Å². The van der Waals surface area contributed by atoms with Crippen molar-refractivity contribution in [3.63, 3.8) is 0 Å². The van der Waals surface area contributed by atoms with Crippen LogP contribution >= 0.6 is 11.8 Å². The maximum atomic E-state index is 12.7. The number of carbonyl (C=O) groups excluding carboxylic acids is 1. The van der Waals surface area contributed by atoms with Gasteiger partial charge >= 0.3 is 6.61 Å². The van der Waals surface area contributed by atoms with Gasteiger partial charge in [0.2, 0.25) is 0 Å². The summed E-state index contributed by atoms with van der Waals surface area (Å²) in [5.74, 6) is 0.127. The van der Waals surface area contributed by atoms with Crippen LogP contribution in [0.3, 0.4) is 0 Å². The summed E-state index contributed by atoms with van der Waals surface area (Å²) in [6, 6.07) is 10.9. The molecule has 2 heterocycles. The maximum absolute atomic E-state index is 12.7. The minimum absolute atomic E-state index is 0.0232. The standard InChI is InChI=1S/C17H11F2N3O3S/c18-16(19)25-12-5-3-11(4-6-12)22-15(23)14(10-13-2-1-8-24-13)21-17(22)26-9-7-20/h1-6,8,10,16H,9H2/b14-10-. The van der Waals surface area contributed by atoms with E-state index in [1.807, 2.05) is 6.07 Å². The van der Waals surface area contributed by atoms with Gasteiger partial charge in [-0.2, -0.15) is 14.0 Å². The van der Waals surface area contributed by atoms with Gasteiger partial charge in [0, 0.05) is 6.08 Å². The SMILES string of the molecule is N#CCSC1=N/C(=C\c2ccco2)C(=O)N1c1ccc(OC(F)F)cc1. The molecule has 0 unspecified atom stereocenters. The number of hydrogen-bond donors (Lipinski definition) is 0. The van der Waals surface area contributed by atoms with E-state index in [-0.39, 0.29) is 17.2 Å². The number of thioether (sulfide) groups is 1. The second-order valence-corrected chi connectivity index (χ2v) is 5.84. The summed E-state index contributed by atoms with van der Waals surface area (Å²) in [7, 11) is 0. The largest absolute Gasteiger partial charge is 0.465 e. The number of aliphatic imine (C=N–C) groups is 1. The van der Waals surface area contributed by atoms with Crippen LogP contribution in [-0.2, 0) is 4.79 Å². The van der Waals surface area contributed by atoms with Gasteiger partial charge < -0.3 is 9.15 Å². The lowest BCUT2D eigenvalue weighted by Crippen LogP contribution is -2.30. The number of nitrogens with zero attached hydrogens (tertiary/aromatic N) is 3. The molecule has 0 atom stereocenters. The number of ether oxygens (including phenoxy) is 1. The zero-order valence-electron chi connectivity index (χ0n) is 13.1. The fourth-order valence-corrected chi connectivity index (χ4v) is 2.88. The van der Waals surface area contributed by atoms with Gasteiger partial charge in [-0.25, -0.2) is 4.99 Å². The van der Waals surface area contributed by atoms with Gasteiger partial charge in [0.25, 0.3) is 5.91 Å². The molecule has 9 heteroatoms. The lowest BCUT2D eigenvalue weighted by molar-refractivity contribution is -0.113. The number of alkyl halides is 2. The number of carbonyl (C=O) groups is 1. The average Bonchev–Trinajstić information content (AvgIpc) is 3.22. The van der Waals surface area contributed by atoms with Crippen molar-refractivity contribution in [2.24, 2.45) is 4.99 Å². The van der Waals surface area contributed by atoms with Crippen molar-refractivity contribution >= 4 is 34.6 Å². The minimum Gasteiger partial charge on any atom is -0.465 e. The van der Waals surface area contributed by atoms with Crippen LogP contribution in [-0.4, -0.2) is 23.4 Å². The first kappa shape index (κ1) is 17.7. The second-order valence-electron chi connectivity index (χ2n) is 4.90. The van der Waals surface area contributed by atoms with Crippen LogP contribution in [0.25, 0.3) is 6.08 Å². The molecule has 1 amide bonds. The first-order valence-electron chi connectivity index (χ1n) is 7.31. The molecule has 132 valence electrons. The molecule has 0 bridgehead atoms. The summed E-state index contributed by atoms with van der Waals surface area (Å²) < 4.78 is 34.0. The molecule has 0 spiro atoms. The predicted molar refractivity (Wildman–Crippen MR) is 92.8 cm³/mol. The third kappa shape index (κ3) is 3.92. The summed E-state index contributed by atoms with van der Waals surface area (Å²) in [6.07, 6.45) is 2.96. The Morgan fingerprint density at radius 3 is 2.73 bits per heavy atom. The molecule has 2 aromatic rings. The summed E-state index contributed by atoms with van der Waals surface area (Å²) in [4.78, 5) is 18.3. The molecule has 0 saturated carbocycles. The Bertz CT molecular complexity index is 887. The number of furan rings is 1. The molecule has 0 N–H and O–H groups in total.